The molecule has 6 nitrogen and oxygen atoms in total. The largest absolute Gasteiger partial charge is 0.378 e. The van der Waals surface area contributed by atoms with Gasteiger partial charge in [-0.3, -0.25) is 0 Å². The Morgan fingerprint density at radius 1 is 1.10 bits per heavy atom. The first-order valence-electron chi connectivity index (χ1n) is 10.7. The van der Waals surface area contributed by atoms with Crippen LogP contribution in [0.3, 0.4) is 0 Å². The van der Waals surface area contributed by atoms with E-state index in [1.165, 1.54) is 24.8 Å². The van der Waals surface area contributed by atoms with E-state index in [1.807, 2.05) is 12.4 Å². The van der Waals surface area contributed by atoms with E-state index in [0.717, 1.165) is 61.4 Å². The minimum Gasteiger partial charge on any atom is -0.378 e. The standard InChI is InChI=1S/C22H27N5OS/c1-2-16(3-1)14-28-20-8-10-27(11-9-20)22-23-12-19(13-24-22)17-4-6-18(7-5-17)21-26-25-15-29-21/h4-6,12-13,15-16,18,20H,1-3,7-11,14H2. The second-order valence-corrected chi connectivity index (χ2v) is 9.09. The third kappa shape index (κ3) is 4.41. The molecule has 0 N–H and O–H groups in total. The van der Waals surface area contributed by atoms with Crippen LogP contribution in [-0.4, -0.2) is 46.0 Å². The Morgan fingerprint density at radius 2 is 1.93 bits per heavy atom. The predicted octanol–water partition coefficient (Wildman–Crippen LogP) is 4.24. The number of hydrogen-bond acceptors (Lipinski definition) is 7. The zero-order chi connectivity index (χ0) is 19.5. The van der Waals surface area contributed by atoms with E-state index >= 15 is 0 Å². The highest BCUT2D eigenvalue weighted by atomic mass is 32.1. The number of aromatic nitrogens is 4. The maximum Gasteiger partial charge on any atom is 0.225 e. The van der Waals surface area contributed by atoms with Gasteiger partial charge in [-0.2, -0.15) is 0 Å². The first-order valence-corrected chi connectivity index (χ1v) is 11.6. The molecule has 29 heavy (non-hydrogen) atoms. The minimum atomic E-state index is 0.333. The molecule has 3 aliphatic rings. The fraction of sp³-hybridized carbons (Fsp3) is 0.545. The fourth-order valence-electron chi connectivity index (χ4n) is 4.15. The van der Waals surface area contributed by atoms with E-state index in [1.54, 1.807) is 16.8 Å². The molecule has 1 aliphatic heterocycles. The summed E-state index contributed by atoms with van der Waals surface area (Å²) in [6.45, 7) is 2.90. The SMILES string of the molecule is C1=CC(c2nncs2)CC=C1c1cnc(N2CCC(OCC3CCC3)CC2)nc1. The van der Waals surface area contributed by atoms with Crippen molar-refractivity contribution >= 4 is 22.9 Å². The second-order valence-electron chi connectivity index (χ2n) is 8.23. The van der Waals surface area contributed by atoms with Gasteiger partial charge in [0.15, 0.2) is 0 Å². The molecule has 2 aromatic heterocycles. The summed E-state index contributed by atoms with van der Waals surface area (Å²) in [7, 11) is 0. The molecule has 2 aromatic rings. The summed E-state index contributed by atoms with van der Waals surface area (Å²) >= 11 is 1.61. The molecule has 1 unspecified atom stereocenters. The lowest BCUT2D eigenvalue weighted by Crippen LogP contribution is -2.38. The summed E-state index contributed by atoms with van der Waals surface area (Å²) < 4.78 is 6.11. The average molecular weight is 410 g/mol. The lowest BCUT2D eigenvalue weighted by molar-refractivity contribution is -0.00106. The molecule has 152 valence electrons. The first kappa shape index (κ1) is 18.9. The molecule has 2 aliphatic carbocycles. The summed E-state index contributed by atoms with van der Waals surface area (Å²) in [6.07, 6.45) is 18.1. The van der Waals surface area contributed by atoms with Crippen LogP contribution in [0.2, 0.25) is 0 Å². The summed E-state index contributed by atoms with van der Waals surface area (Å²) in [5, 5.41) is 9.19. The summed E-state index contributed by atoms with van der Waals surface area (Å²) in [4.78, 5) is 11.6. The predicted molar refractivity (Wildman–Crippen MR) is 115 cm³/mol. The Kier molecular flexibility index (Phi) is 5.67. The number of allylic oxidation sites excluding steroid dienone is 4. The summed E-state index contributed by atoms with van der Waals surface area (Å²) in [5.74, 6) is 1.98. The summed E-state index contributed by atoms with van der Waals surface area (Å²) in [5.41, 5.74) is 4.04. The molecule has 0 aromatic carbocycles. The van der Waals surface area contributed by atoms with E-state index in [9.17, 15) is 0 Å². The lowest BCUT2D eigenvalue weighted by Gasteiger charge is -2.34. The van der Waals surface area contributed by atoms with Crippen LogP contribution in [-0.2, 0) is 4.74 Å². The molecule has 0 radical (unpaired) electrons. The number of ether oxygens (including phenoxy) is 1. The molecular formula is C22H27N5OS. The zero-order valence-electron chi connectivity index (χ0n) is 16.6. The van der Waals surface area contributed by atoms with Crippen LogP contribution in [0.15, 0.2) is 36.1 Å². The Morgan fingerprint density at radius 3 is 2.55 bits per heavy atom. The third-order valence-corrected chi connectivity index (χ3v) is 7.11. The Hall–Kier alpha value is -2.12. The van der Waals surface area contributed by atoms with Crippen molar-refractivity contribution in [1.29, 1.82) is 0 Å². The Balaban J connectivity index is 1.13. The van der Waals surface area contributed by atoms with Crippen molar-refractivity contribution in [3.63, 3.8) is 0 Å². The van der Waals surface area contributed by atoms with E-state index in [-0.39, 0.29) is 0 Å². The molecule has 3 heterocycles. The molecule has 5 rings (SSSR count). The van der Waals surface area contributed by atoms with Crippen LogP contribution < -0.4 is 4.90 Å². The van der Waals surface area contributed by atoms with Crippen molar-refractivity contribution in [2.75, 3.05) is 24.6 Å². The molecule has 1 atom stereocenters. The number of rotatable bonds is 6. The van der Waals surface area contributed by atoms with Crippen LogP contribution in [0, 0.1) is 5.92 Å². The fourth-order valence-corrected chi connectivity index (χ4v) is 4.79. The van der Waals surface area contributed by atoms with Crippen molar-refractivity contribution in [1.82, 2.24) is 20.2 Å². The average Bonchev–Trinajstić information content (AvgIpc) is 3.28. The monoisotopic (exact) mass is 409 g/mol. The highest BCUT2D eigenvalue weighted by Crippen LogP contribution is 2.31. The van der Waals surface area contributed by atoms with Crippen LogP contribution >= 0.6 is 11.3 Å². The van der Waals surface area contributed by atoms with Gasteiger partial charge in [0.1, 0.15) is 10.5 Å². The Labute approximate surface area is 175 Å². The minimum absolute atomic E-state index is 0.333. The van der Waals surface area contributed by atoms with Gasteiger partial charge in [0.2, 0.25) is 5.95 Å². The molecule has 2 fully saturated rings. The van der Waals surface area contributed by atoms with Crippen molar-refractivity contribution in [2.24, 2.45) is 5.92 Å². The smallest absolute Gasteiger partial charge is 0.225 e. The van der Waals surface area contributed by atoms with Gasteiger partial charge >= 0.3 is 0 Å². The summed E-state index contributed by atoms with van der Waals surface area (Å²) in [6, 6.07) is 0. The van der Waals surface area contributed by atoms with E-state index < -0.39 is 0 Å². The van der Waals surface area contributed by atoms with Crippen molar-refractivity contribution < 1.29 is 4.74 Å². The molecule has 1 saturated heterocycles. The maximum absolute atomic E-state index is 6.11. The van der Waals surface area contributed by atoms with E-state index in [0.29, 0.717) is 12.0 Å². The van der Waals surface area contributed by atoms with Gasteiger partial charge in [-0.15, -0.1) is 21.5 Å². The molecule has 0 amide bonds. The van der Waals surface area contributed by atoms with Crippen LogP contribution in [0.25, 0.3) is 5.57 Å². The molecule has 1 saturated carbocycles. The quantitative estimate of drug-likeness (QED) is 0.711. The highest BCUT2D eigenvalue weighted by Gasteiger charge is 2.24. The highest BCUT2D eigenvalue weighted by molar-refractivity contribution is 7.09. The van der Waals surface area contributed by atoms with E-state index in [4.69, 9.17) is 4.74 Å². The van der Waals surface area contributed by atoms with Crippen molar-refractivity contribution in [2.45, 2.75) is 50.5 Å². The van der Waals surface area contributed by atoms with Crippen molar-refractivity contribution in [3.8, 4) is 0 Å². The number of piperidine rings is 1. The molecule has 0 bridgehead atoms. The van der Waals surface area contributed by atoms with Gasteiger partial charge in [-0.05, 0) is 43.6 Å². The number of hydrogen-bond donors (Lipinski definition) is 0. The Bertz CT molecular complexity index is 852. The molecule has 7 heteroatoms. The zero-order valence-corrected chi connectivity index (χ0v) is 17.4. The topological polar surface area (TPSA) is 64.0 Å². The van der Waals surface area contributed by atoms with Gasteiger partial charge in [-0.25, -0.2) is 9.97 Å². The third-order valence-electron chi connectivity index (χ3n) is 6.28. The first-order chi connectivity index (χ1) is 14.3. The van der Waals surface area contributed by atoms with Gasteiger partial charge in [-0.1, -0.05) is 24.6 Å². The van der Waals surface area contributed by atoms with Gasteiger partial charge < -0.3 is 9.64 Å². The number of nitrogens with zero attached hydrogens (tertiary/aromatic N) is 5. The van der Waals surface area contributed by atoms with Crippen LogP contribution in [0.4, 0.5) is 5.95 Å². The van der Waals surface area contributed by atoms with E-state index in [2.05, 4.69) is 43.3 Å². The molecule has 0 spiro atoms. The van der Waals surface area contributed by atoms with Gasteiger partial charge in [0.05, 0.1) is 6.10 Å². The maximum atomic E-state index is 6.11. The lowest BCUT2D eigenvalue weighted by atomic mass is 9.86. The van der Waals surface area contributed by atoms with Crippen molar-refractivity contribution in [3.05, 3.63) is 46.7 Å². The van der Waals surface area contributed by atoms with Crippen LogP contribution in [0.5, 0.6) is 0 Å². The van der Waals surface area contributed by atoms with Gasteiger partial charge in [0, 0.05) is 43.6 Å². The van der Waals surface area contributed by atoms with Crippen LogP contribution in [0.1, 0.15) is 55.0 Å². The second kappa shape index (κ2) is 8.71. The molecular weight excluding hydrogens is 382 g/mol. The number of anilines is 1. The van der Waals surface area contributed by atoms with Gasteiger partial charge in [0.25, 0.3) is 0 Å². The normalized spacial score (nSPS) is 23.1.